The third-order valence-corrected chi connectivity index (χ3v) is 2.46. The van der Waals surface area contributed by atoms with Gasteiger partial charge in [-0.2, -0.15) is 0 Å². The van der Waals surface area contributed by atoms with Crippen molar-refractivity contribution in [3.05, 3.63) is 29.8 Å². The third-order valence-electron chi connectivity index (χ3n) is 2.46. The van der Waals surface area contributed by atoms with Crippen LogP contribution in [0.5, 0.6) is 0 Å². The Labute approximate surface area is 108 Å². The molecule has 0 aromatic heterocycles. The predicted molar refractivity (Wildman–Crippen MR) is 72.6 cm³/mol. The van der Waals surface area contributed by atoms with Crippen LogP contribution in [0.3, 0.4) is 0 Å². The summed E-state index contributed by atoms with van der Waals surface area (Å²) in [6, 6.07) is 7.05. The number of carbonyl (C=O) groups excluding carboxylic acids is 2. The maximum atomic E-state index is 11.9. The molecule has 0 spiro atoms. The quantitative estimate of drug-likeness (QED) is 0.813. The molecular weight excluding hydrogens is 228 g/mol. The molecule has 0 bridgehead atoms. The summed E-state index contributed by atoms with van der Waals surface area (Å²) in [4.78, 5) is 23.5. The van der Waals surface area contributed by atoms with E-state index in [4.69, 9.17) is 0 Å². The summed E-state index contributed by atoms with van der Waals surface area (Å²) in [6.45, 7) is 4.57. The predicted octanol–water partition coefficient (Wildman–Crippen LogP) is 2.57. The Balaban J connectivity index is 2.79. The van der Waals surface area contributed by atoms with Gasteiger partial charge in [0, 0.05) is 13.0 Å². The van der Waals surface area contributed by atoms with Crippen LogP contribution in [-0.4, -0.2) is 18.4 Å². The minimum absolute atomic E-state index is 0.0618. The van der Waals surface area contributed by atoms with Gasteiger partial charge in [0.05, 0.1) is 11.3 Å². The van der Waals surface area contributed by atoms with Gasteiger partial charge in [-0.25, -0.2) is 0 Å². The SMILES string of the molecule is CCCNC(=O)c1ccccc1NC(=O)CCC. The smallest absolute Gasteiger partial charge is 0.253 e. The minimum atomic E-state index is -0.149. The second-order valence-corrected chi connectivity index (χ2v) is 4.10. The van der Waals surface area contributed by atoms with Crippen molar-refractivity contribution in [2.45, 2.75) is 33.1 Å². The maximum Gasteiger partial charge on any atom is 0.253 e. The Morgan fingerprint density at radius 2 is 1.83 bits per heavy atom. The van der Waals surface area contributed by atoms with Gasteiger partial charge >= 0.3 is 0 Å². The van der Waals surface area contributed by atoms with Crippen LogP contribution in [0, 0.1) is 0 Å². The normalized spacial score (nSPS) is 9.89. The highest BCUT2D eigenvalue weighted by Crippen LogP contribution is 2.15. The number of carbonyl (C=O) groups is 2. The van der Waals surface area contributed by atoms with Gasteiger partial charge in [0.15, 0.2) is 0 Å². The second-order valence-electron chi connectivity index (χ2n) is 4.10. The Kier molecular flexibility index (Phi) is 5.91. The first-order valence-electron chi connectivity index (χ1n) is 6.36. The summed E-state index contributed by atoms with van der Waals surface area (Å²) >= 11 is 0. The van der Waals surface area contributed by atoms with Crippen LogP contribution in [0.1, 0.15) is 43.5 Å². The summed E-state index contributed by atoms with van der Waals surface area (Å²) in [7, 11) is 0. The number of benzene rings is 1. The van der Waals surface area contributed by atoms with E-state index in [9.17, 15) is 9.59 Å². The molecule has 0 saturated heterocycles. The number of anilines is 1. The molecule has 0 saturated carbocycles. The van der Waals surface area contributed by atoms with E-state index in [0.29, 0.717) is 24.2 Å². The number of hydrogen-bond donors (Lipinski definition) is 2. The fourth-order valence-electron chi connectivity index (χ4n) is 1.56. The van der Waals surface area contributed by atoms with E-state index >= 15 is 0 Å². The zero-order valence-electron chi connectivity index (χ0n) is 11.0. The van der Waals surface area contributed by atoms with Crippen LogP contribution in [0.15, 0.2) is 24.3 Å². The van der Waals surface area contributed by atoms with E-state index < -0.39 is 0 Å². The third kappa shape index (κ3) is 4.20. The fraction of sp³-hybridized carbons (Fsp3) is 0.429. The molecular formula is C14H20N2O2. The lowest BCUT2D eigenvalue weighted by molar-refractivity contribution is -0.116. The molecule has 2 N–H and O–H groups in total. The number of amides is 2. The molecule has 0 fully saturated rings. The molecule has 0 atom stereocenters. The first kappa shape index (κ1) is 14.2. The largest absolute Gasteiger partial charge is 0.352 e. The molecule has 1 rings (SSSR count). The van der Waals surface area contributed by atoms with E-state index in [0.717, 1.165) is 12.8 Å². The average molecular weight is 248 g/mol. The van der Waals surface area contributed by atoms with Crippen LogP contribution in [-0.2, 0) is 4.79 Å². The lowest BCUT2D eigenvalue weighted by Gasteiger charge is -2.10. The number of rotatable bonds is 6. The molecule has 98 valence electrons. The van der Waals surface area contributed by atoms with Crippen LogP contribution in [0.2, 0.25) is 0 Å². The Bertz CT molecular complexity index is 416. The van der Waals surface area contributed by atoms with Gasteiger partial charge in [0.1, 0.15) is 0 Å². The first-order chi connectivity index (χ1) is 8.69. The second kappa shape index (κ2) is 7.48. The number of nitrogens with one attached hydrogen (secondary N) is 2. The standard InChI is InChI=1S/C14H20N2O2/c1-3-7-13(17)16-12-9-6-5-8-11(12)14(18)15-10-4-2/h5-6,8-9H,3-4,7,10H2,1-2H3,(H,15,18)(H,16,17). The van der Waals surface area contributed by atoms with Crippen LogP contribution in [0.4, 0.5) is 5.69 Å². The van der Waals surface area contributed by atoms with Gasteiger partial charge in [0.2, 0.25) is 5.91 Å². The molecule has 0 aliphatic heterocycles. The molecule has 0 aliphatic rings. The van der Waals surface area contributed by atoms with E-state index in [1.807, 2.05) is 13.8 Å². The monoisotopic (exact) mass is 248 g/mol. The molecule has 0 radical (unpaired) electrons. The van der Waals surface area contributed by atoms with Gasteiger partial charge < -0.3 is 10.6 Å². The molecule has 1 aromatic rings. The fourth-order valence-corrected chi connectivity index (χ4v) is 1.56. The van der Waals surface area contributed by atoms with Gasteiger partial charge in [-0.1, -0.05) is 26.0 Å². The molecule has 1 aromatic carbocycles. The summed E-state index contributed by atoms with van der Waals surface area (Å²) in [5, 5.41) is 5.57. The van der Waals surface area contributed by atoms with E-state index in [1.54, 1.807) is 24.3 Å². The molecule has 0 aliphatic carbocycles. The summed E-state index contributed by atoms with van der Waals surface area (Å²) in [6.07, 6.45) is 2.14. The highest BCUT2D eigenvalue weighted by Gasteiger charge is 2.11. The average Bonchev–Trinajstić information content (AvgIpc) is 2.37. The summed E-state index contributed by atoms with van der Waals surface area (Å²) < 4.78 is 0. The van der Waals surface area contributed by atoms with Crippen LogP contribution in [0.25, 0.3) is 0 Å². The van der Waals surface area contributed by atoms with Crippen molar-refractivity contribution in [3.63, 3.8) is 0 Å². The molecule has 4 heteroatoms. The van der Waals surface area contributed by atoms with Gasteiger partial charge in [-0.05, 0) is 25.0 Å². The highest BCUT2D eigenvalue weighted by molar-refractivity contribution is 6.03. The molecule has 2 amide bonds. The van der Waals surface area contributed by atoms with Crippen molar-refractivity contribution < 1.29 is 9.59 Å². The van der Waals surface area contributed by atoms with E-state index in [-0.39, 0.29) is 11.8 Å². The van der Waals surface area contributed by atoms with Crippen molar-refractivity contribution in [2.75, 3.05) is 11.9 Å². The van der Waals surface area contributed by atoms with Gasteiger partial charge in [0.25, 0.3) is 5.91 Å². The first-order valence-corrected chi connectivity index (χ1v) is 6.36. The van der Waals surface area contributed by atoms with Crippen molar-refractivity contribution in [1.82, 2.24) is 5.32 Å². The minimum Gasteiger partial charge on any atom is -0.352 e. The zero-order chi connectivity index (χ0) is 13.4. The van der Waals surface area contributed by atoms with Crippen molar-refractivity contribution in [2.24, 2.45) is 0 Å². The van der Waals surface area contributed by atoms with Gasteiger partial charge in [-0.15, -0.1) is 0 Å². The maximum absolute atomic E-state index is 11.9. The van der Waals surface area contributed by atoms with Gasteiger partial charge in [-0.3, -0.25) is 9.59 Å². The van der Waals surface area contributed by atoms with Crippen molar-refractivity contribution in [1.29, 1.82) is 0 Å². The molecule has 4 nitrogen and oxygen atoms in total. The zero-order valence-corrected chi connectivity index (χ0v) is 11.0. The lowest BCUT2D eigenvalue weighted by Crippen LogP contribution is -2.25. The van der Waals surface area contributed by atoms with E-state index in [2.05, 4.69) is 10.6 Å². The molecule has 18 heavy (non-hydrogen) atoms. The lowest BCUT2D eigenvalue weighted by atomic mass is 10.1. The molecule has 0 heterocycles. The molecule has 0 unspecified atom stereocenters. The Morgan fingerprint density at radius 1 is 1.11 bits per heavy atom. The topological polar surface area (TPSA) is 58.2 Å². The van der Waals surface area contributed by atoms with Crippen molar-refractivity contribution >= 4 is 17.5 Å². The van der Waals surface area contributed by atoms with E-state index in [1.165, 1.54) is 0 Å². The number of para-hydroxylation sites is 1. The summed E-state index contributed by atoms with van der Waals surface area (Å²) in [5.41, 5.74) is 1.08. The number of hydrogen-bond acceptors (Lipinski definition) is 2. The Morgan fingerprint density at radius 3 is 2.50 bits per heavy atom. The Hall–Kier alpha value is -1.84. The van der Waals surface area contributed by atoms with Crippen LogP contribution < -0.4 is 10.6 Å². The van der Waals surface area contributed by atoms with Crippen molar-refractivity contribution in [3.8, 4) is 0 Å². The van der Waals surface area contributed by atoms with Crippen LogP contribution >= 0.6 is 0 Å². The summed E-state index contributed by atoms with van der Waals surface area (Å²) in [5.74, 6) is -0.211. The highest BCUT2D eigenvalue weighted by atomic mass is 16.2.